The molecule has 0 bridgehead atoms. The minimum atomic E-state index is -3.90. The summed E-state index contributed by atoms with van der Waals surface area (Å²) in [5.74, 6) is 0.693. The molecule has 0 fully saturated rings. The van der Waals surface area contributed by atoms with Crippen molar-refractivity contribution in [3.8, 4) is 11.5 Å². The third-order valence-electron chi connectivity index (χ3n) is 5.75. The fraction of sp³-hybridized carbons (Fsp3) is 0.296. The van der Waals surface area contributed by atoms with Gasteiger partial charge >= 0.3 is 0 Å². The monoisotopic (exact) mass is 494 g/mol. The number of anilines is 1. The number of rotatable bonds is 7. The van der Waals surface area contributed by atoms with Gasteiger partial charge in [0.1, 0.15) is 18.1 Å². The highest BCUT2D eigenvalue weighted by molar-refractivity contribution is 7.92. The molecular formula is C27H30N2O5S. The molecule has 0 saturated heterocycles. The highest BCUT2D eigenvalue weighted by atomic mass is 32.2. The zero-order chi connectivity index (χ0) is 25.2. The molecule has 1 aliphatic heterocycles. The number of aryl methyl sites for hydroxylation is 4. The summed E-state index contributed by atoms with van der Waals surface area (Å²) in [6, 6.07) is 17.9. The van der Waals surface area contributed by atoms with E-state index in [0.29, 0.717) is 11.4 Å². The summed E-state index contributed by atoms with van der Waals surface area (Å²) in [4.78, 5) is 13.1. The van der Waals surface area contributed by atoms with Crippen LogP contribution in [0.4, 0.5) is 5.69 Å². The highest BCUT2D eigenvalue weighted by Crippen LogP contribution is 2.37. The van der Waals surface area contributed by atoms with Gasteiger partial charge in [-0.15, -0.1) is 0 Å². The fourth-order valence-corrected chi connectivity index (χ4v) is 5.50. The molecule has 8 heteroatoms. The maximum absolute atomic E-state index is 13.5. The van der Waals surface area contributed by atoms with Crippen LogP contribution < -0.4 is 19.1 Å². The number of sulfonamides is 1. The third kappa shape index (κ3) is 5.59. The molecule has 1 atom stereocenters. The Morgan fingerprint density at radius 2 is 1.60 bits per heavy atom. The number of hydrogen-bond donors (Lipinski definition) is 1. The van der Waals surface area contributed by atoms with Crippen LogP contribution in [0.5, 0.6) is 11.5 Å². The van der Waals surface area contributed by atoms with Gasteiger partial charge in [-0.3, -0.25) is 9.10 Å². The summed E-state index contributed by atoms with van der Waals surface area (Å²) < 4.78 is 40.0. The number of nitrogens with zero attached hydrogens (tertiary/aromatic N) is 1. The largest absolute Gasteiger partial charge is 0.492 e. The number of amides is 1. The minimum absolute atomic E-state index is 0.129. The Bertz CT molecular complexity index is 1320. The van der Waals surface area contributed by atoms with Gasteiger partial charge < -0.3 is 14.8 Å². The van der Waals surface area contributed by atoms with Gasteiger partial charge in [-0.2, -0.15) is 0 Å². The number of ether oxygens (including phenoxy) is 2. The van der Waals surface area contributed by atoms with E-state index >= 15 is 0 Å². The quantitative estimate of drug-likeness (QED) is 0.501. The SMILES string of the molecule is Cc1ccc(S(=O)(=O)N2CC(C(=O)NCCOc3cc(C)cc(C)c3)Oc3ccc(C)cc32)cc1. The Labute approximate surface area is 206 Å². The van der Waals surface area contributed by atoms with Gasteiger partial charge in [-0.25, -0.2) is 8.42 Å². The van der Waals surface area contributed by atoms with Crippen molar-refractivity contribution < 1.29 is 22.7 Å². The van der Waals surface area contributed by atoms with Crippen molar-refractivity contribution in [2.45, 2.75) is 38.7 Å². The van der Waals surface area contributed by atoms with Crippen LogP contribution in [0.1, 0.15) is 22.3 Å². The van der Waals surface area contributed by atoms with Gasteiger partial charge in [-0.05, 0) is 80.8 Å². The predicted octanol–water partition coefficient (Wildman–Crippen LogP) is 4.07. The molecule has 0 aromatic heterocycles. The van der Waals surface area contributed by atoms with Crippen molar-refractivity contribution >= 4 is 21.6 Å². The van der Waals surface area contributed by atoms with Crippen LogP contribution in [-0.2, 0) is 14.8 Å². The second-order valence-corrected chi connectivity index (χ2v) is 10.8. The normalized spacial score (nSPS) is 15.2. The topological polar surface area (TPSA) is 84.9 Å². The van der Waals surface area contributed by atoms with Gasteiger partial charge in [0.15, 0.2) is 6.10 Å². The summed E-state index contributed by atoms with van der Waals surface area (Å²) in [5, 5.41) is 2.80. The average molecular weight is 495 g/mol. The van der Waals surface area contributed by atoms with E-state index in [1.54, 1.807) is 36.4 Å². The van der Waals surface area contributed by atoms with Gasteiger partial charge in [0.05, 0.1) is 23.7 Å². The second kappa shape index (κ2) is 10.00. The van der Waals surface area contributed by atoms with Crippen LogP contribution in [0.25, 0.3) is 0 Å². The lowest BCUT2D eigenvalue weighted by Gasteiger charge is -2.35. The fourth-order valence-electron chi connectivity index (χ4n) is 4.04. The zero-order valence-electron chi connectivity index (χ0n) is 20.4. The molecule has 0 radical (unpaired) electrons. The highest BCUT2D eigenvalue weighted by Gasteiger charge is 2.37. The van der Waals surface area contributed by atoms with E-state index in [1.165, 1.54) is 4.31 Å². The number of hydrogen-bond acceptors (Lipinski definition) is 5. The first-order valence-corrected chi connectivity index (χ1v) is 12.9. The number of carbonyl (C=O) groups excluding carboxylic acids is 1. The molecule has 0 aliphatic carbocycles. The van der Waals surface area contributed by atoms with Crippen molar-refractivity contribution in [2.75, 3.05) is 24.0 Å². The summed E-state index contributed by atoms with van der Waals surface area (Å²) in [5.41, 5.74) is 4.48. The van der Waals surface area contributed by atoms with Gasteiger partial charge in [0.2, 0.25) is 0 Å². The molecule has 1 aliphatic rings. The average Bonchev–Trinajstić information content (AvgIpc) is 2.80. The summed E-state index contributed by atoms with van der Waals surface area (Å²) in [6.45, 7) is 8.19. The maximum atomic E-state index is 13.5. The lowest BCUT2D eigenvalue weighted by Crippen LogP contribution is -2.51. The Morgan fingerprint density at radius 3 is 2.29 bits per heavy atom. The van der Waals surface area contributed by atoms with Gasteiger partial charge in [0, 0.05) is 0 Å². The van der Waals surface area contributed by atoms with Crippen molar-refractivity contribution in [3.63, 3.8) is 0 Å². The van der Waals surface area contributed by atoms with Crippen molar-refractivity contribution in [2.24, 2.45) is 0 Å². The molecular weight excluding hydrogens is 464 g/mol. The van der Waals surface area contributed by atoms with E-state index in [2.05, 4.69) is 11.4 Å². The van der Waals surface area contributed by atoms with E-state index in [0.717, 1.165) is 28.0 Å². The van der Waals surface area contributed by atoms with E-state index in [9.17, 15) is 13.2 Å². The molecule has 1 heterocycles. The maximum Gasteiger partial charge on any atom is 0.264 e. The van der Waals surface area contributed by atoms with Crippen molar-refractivity contribution in [3.05, 3.63) is 82.9 Å². The summed E-state index contributed by atoms with van der Waals surface area (Å²) in [6.07, 6.45) is -0.994. The minimum Gasteiger partial charge on any atom is -0.492 e. The van der Waals surface area contributed by atoms with Crippen LogP contribution in [0.3, 0.4) is 0 Å². The Kier molecular flexibility index (Phi) is 7.03. The molecule has 1 amide bonds. The van der Waals surface area contributed by atoms with Crippen LogP contribution in [0.2, 0.25) is 0 Å². The van der Waals surface area contributed by atoms with E-state index in [1.807, 2.05) is 45.9 Å². The number of nitrogens with one attached hydrogen (secondary N) is 1. The van der Waals surface area contributed by atoms with Gasteiger partial charge in [-0.1, -0.05) is 29.8 Å². The molecule has 0 saturated carbocycles. The molecule has 35 heavy (non-hydrogen) atoms. The van der Waals surface area contributed by atoms with Crippen LogP contribution >= 0.6 is 0 Å². The number of fused-ring (bicyclic) bond motifs is 1. The lowest BCUT2D eigenvalue weighted by molar-refractivity contribution is -0.127. The molecule has 1 unspecified atom stereocenters. The second-order valence-electron chi connectivity index (χ2n) is 8.89. The first-order chi connectivity index (χ1) is 16.6. The number of carbonyl (C=O) groups is 1. The predicted molar refractivity (Wildman–Crippen MR) is 136 cm³/mol. The van der Waals surface area contributed by atoms with Crippen LogP contribution in [-0.4, -0.2) is 40.1 Å². The van der Waals surface area contributed by atoms with Crippen LogP contribution in [0.15, 0.2) is 65.6 Å². The molecule has 184 valence electrons. The molecule has 4 rings (SSSR count). The summed E-state index contributed by atoms with van der Waals surface area (Å²) in [7, 11) is -3.90. The first-order valence-electron chi connectivity index (χ1n) is 11.5. The smallest absolute Gasteiger partial charge is 0.264 e. The van der Waals surface area contributed by atoms with Crippen LogP contribution in [0, 0.1) is 27.7 Å². The van der Waals surface area contributed by atoms with E-state index in [4.69, 9.17) is 9.47 Å². The Morgan fingerprint density at radius 1 is 0.943 bits per heavy atom. The molecule has 0 spiro atoms. The third-order valence-corrected chi connectivity index (χ3v) is 7.54. The lowest BCUT2D eigenvalue weighted by atomic mass is 10.1. The van der Waals surface area contributed by atoms with E-state index < -0.39 is 22.0 Å². The van der Waals surface area contributed by atoms with Crippen molar-refractivity contribution in [1.82, 2.24) is 5.32 Å². The molecule has 1 N–H and O–H groups in total. The summed E-state index contributed by atoms with van der Waals surface area (Å²) >= 11 is 0. The molecule has 7 nitrogen and oxygen atoms in total. The number of benzene rings is 3. The first kappa shape index (κ1) is 24.6. The van der Waals surface area contributed by atoms with E-state index in [-0.39, 0.29) is 24.6 Å². The Balaban J connectivity index is 1.48. The standard InChI is InChI=1S/C27H30N2O5S/c1-18-5-8-23(9-6-18)35(31,32)29-17-26(34-25-10-7-19(2)16-24(25)29)27(30)28-11-12-33-22-14-20(3)13-21(4)15-22/h5-10,13-16,26H,11-12,17H2,1-4H3,(H,28,30). The van der Waals surface area contributed by atoms with Crippen molar-refractivity contribution in [1.29, 1.82) is 0 Å². The molecule has 3 aromatic carbocycles. The van der Waals surface area contributed by atoms with Gasteiger partial charge in [0.25, 0.3) is 15.9 Å². The zero-order valence-corrected chi connectivity index (χ0v) is 21.2. The Hall–Kier alpha value is -3.52. The molecule has 3 aromatic rings.